The zero-order valence-electron chi connectivity index (χ0n) is 12.9. The molecule has 1 amide bonds. The Morgan fingerprint density at radius 2 is 2.04 bits per heavy atom. The Morgan fingerprint density at radius 1 is 1.17 bits per heavy atom. The van der Waals surface area contributed by atoms with Crippen LogP contribution in [-0.2, 0) is 11.3 Å². The molecule has 0 unspecified atom stereocenters. The van der Waals surface area contributed by atoms with E-state index in [0.717, 1.165) is 16.7 Å². The van der Waals surface area contributed by atoms with Crippen molar-refractivity contribution in [3.63, 3.8) is 0 Å². The van der Waals surface area contributed by atoms with Crippen molar-refractivity contribution in [2.24, 2.45) is 0 Å². The molecule has 0 saturated carbocycles. The van der Waals surface area contributed by atoms with Gasteiger partial charge in [-0.05, 0) is 24.3 Å². The van der Waals surface area contributed by atoms with E-state index in [1.807, 2.05) is 42.5 Å². The highest BCUT2D eigenvalue weighted by atomic mass is 16.5. The fourth-order valence-corrected chi connectivity index (χ4v) is 2.39. The molecule has 0 fully saturated rings. The van der Waals surface area contributed by atoms with Gasteiger partial charge in [-0.1, -0.05) is 24.3 Å². The fourth-order valence-electron chi connectivity index (χ4n) is 2.39. The molecule has 118 valence electrons. The Kier molecular flexibility index (Phi) is 4.68. The van der Waals surface area contributed by atoms with Crippen LogP contribution in [0.1, 0.15) is 16.2 Å². The van der Waals surface area contributed by atoms with E-state index in [0.29, 0.717) is 25.4 Å². The second-order valence-corrected chi connectivity index (χ2v) is 5.19. The lowest BCUT2D eigenvalue weighted by molar-refractivity contribution is 0.0661. The van der Waals surface area contributed by atoms with Gasteiger partial charge in [-0.25, -0.2) is 4.98 Å². The molecule has 2 aromatic heterocycles. The van der Waals surface area contributed by atoms with Gasteiger partial charge >= 0.3 is 0 Å². The highest BCUT2D eigenvalue weighted by Crippen LogP contribution is 2.14. The van der Waals surface area contributed by atoms with Gasteiger partial charge in [0.15, 0.2) is 0 Å². The largest absolute Gasteiger partial charge is 0.467 e. The number of methoxy groups -OCH3 is 1. The smallest absolute Gasteiger partial charge is 0.272 e. The Labute approximate surface area is 134 Å². The zero-order valence-corrected chi connectivity index (χ0v) is 12.9. The number of benzene rings is 1. The summed E-state index contributed by atoms with van der Waals surface area (Å²) in [5.41, 5.74) is 1.23. The molecule has 5 heteroatoms. The van der Waals surface area contributed by atoms with Crippen LogP contribution in [0.3, 0.4) is 0 Å². The van der Waals surface area contributed by atoms with Crippen LogP contribution in [0.4, 0.5) is 0 Å². The van der Waals surface area contributed by atoms with Crippen molar-refractivity contribution in [2.75, 3.05) is 20.3 Å². The van der Waals surface area contributed by atoms with Crippen LogP contribution in [-0.4, -0.2) is 36.1 Å². The number of ether oxygens (including phenoxy) is 1. The van der Waals surface area contributed by atoms with Gasteiger partial charge in [0.05, 0.1) is 24.9 Å². The Morgan fingerprint density at radius 3 is 2.83 bits per heavy atom. The van der Waals surface area contributed by atoms with Gasteiger partial charge in [0.25, 0.3) is 5.91 Å². The molecule has 3 rings (SSSR count). The number of fused-ring (bicyclic) bond motifs is 1. The van der Waals surface area contributed by atoms with Gasteiger partial charge in [0, 0.05) is 19.0 Å². The molecule has 3 aromatic rings. The third kappa shape index (κ3) is 3.57. The number of furan rings is 1. The number of para-hydroxylation sites is 1. The van der Waals surface area contributed by atoms with E-state index >= 15 is 0 Å². The first-order chi connectivity index (χ1) is 11.3. The van der Waals surface area contributed by atoms with Crippen LogP contribution in [0.2, 0.25) is 0 Å². The van der Waals surface area contributed by atoms with Crippen LogP contribution >= 0.6 is 0 Å². The van der Waals surface area contributed by atoms with Crippen LogP contribution < -0.4 is 0 Å². The first-order valence-corrected chi connectivity index (χ1v) is 7.44. The molecule has 0 N–H and O–H groups in total. The number of hydrogen-bond acceptors (Lipinski definition) is 4. The second kappa shape index (κ2) is 7.07. The summed E-state index contributed by atoms with van der Waals surface area (Å²) < 4.78 is 10.4. The van der Waals surface area contributed by atoms with E-state index in [-0.39, 0.29) is 5.91 Å². The van der Waals surface area contributed by atoms with Gasteiger partial charge < -0.3 is 14.1 Å². The number of carbonyl (C=O) groups is 1. The first kappa shape index (κ1) is 15.2. The molecule has 0 aliphatic heterocycles. The molecule has 0 bridgehead atoms. The topological polar surface area (TPSA) is 55.6 Å². The number of carbonyl (C=O) groups excluding carboxylic acids is 1. The van der Waals surface area contributed by atoms with Crippen LogP contribution in [0.25, 0.3) is 10.9 Å². The molecule has 0 saturated heterocycles. The van der Waals surface area contributed by atoms with Gasteiger partial charge in [0.2, 0.25) is 0 Å². The molecule has 23 heavy (non-hydrogen) atoms. The number of hydrogen-bond donors (Lipinski definition) is 0. The van der Waals surface area contributed by atoms with E-state index in [1.54, 1.807) is 24.3 Å². The highest BCUT2D eigenvalue weighted by Gasteiger charge is 2.18. The lowest BCUT2D eigenvalue weighted by atomic mass is 10.2. The average molecular weight is 310 g/mol. The minimum Gasteiger partial charge on any atom is -0.467 e. The molecular weight excluding hydrogens is 292 g/mol. The summed E-state index contributed by atoms with van der Waals surface area (Å²) in [6, 6.07) is 15.1. The molecule has 1 aromatic carbocycles. The lowest BCUT2D eigenvalue weighted by Crippen LogP contribution is -2.33. The first-order valence-electron chi connectivity index (χ1n) is 7.44. The molecule has 2 heterocycles. The predicted molar refractivity (Wildman–Crippen MR) is 87.1 cm³/mol. The number of amides is 1. The maximum absolute atomic E-state index is 12.8. The van der Waals surface area contributed by atoms with Crippen LogP contribution in [0, 0.1) is 0 Å². The predicted octanol–water partition coefficient (Wildman–Crippen LogP) is 3.12. The number of nitrogens with zero attached hydrogens (tertiary/aromatic N) is 2. The summed E-state index contributed by atoms with van der Waals surface area (Å²) in [7, 11) is 1.61. The summed E-state index contributed by atoms with van der Waals surface area (Å²) in [5, 5.41) is 1.01. The molecule has 0 atom stereocenters. The quantitative estimate of drug-likeness (QED) is 0.702. The summed E-state index contributed by atoms with van der Waals surface area (Å²) in [6.07, 6.45) is 1.60. The summed E-state index contributed by atoms with van der Waals surface area (Å²) in [5.74, 6) is 0.597. The summed E-state index contributed by atoms with van der Waals surface area (Å²) in [4.78, 5) is 18.9. The average Bonchev–Trinajstić information content (AvgIpc) is 3.10. The van der Waals surface area contributed by atoms with Gasteiger partial charge in [-0.15, -0.1) is 0 Å². The van der Waals surface area contributed by atoms with Crippen molar-refractivity contribution in [3.05, 3.63) is 66.2 Å². The van der Waals surface area contributed by atoms with Crippen molar-refractivity contribution in [1.29, 1.82) is 0 Å². The maximum Gasteiger partial charge on any atom is 0.272 e. The van der Waals surface area contributed by atoms with Gasteiger partial charge in [-0.3, -0.25) is 4.79 Å². The number of aromatic nitrogens is 1. The van der Waals surface area contributed by atoms with Crippen molar-refractivity contribution in [2.45, 2.75) is 6.54 Å². The summed E-state index contributed by atoms with van der Waals surface area (Å²) in [6.45, 7) is 1.33. The van der Waals surface area contributed by atoms with Crippen LogP contribution in [0.5, 0.6) is 0 Å². The van der Waals surface area contributed by atoms with Crippen molar-refractivity contribution < 1.29 is 13.9 Å². The van der Waals surface area contributed by atoms with Crippen molar-refractivity contribution in [3.8, 4) is 0 Å². The SMILES string of the molecule is COCCN(Cc1ccco1)C(=O)c1ccc2ccccc2n1. The second-order valence-electron chi connectivity index (χ2n) is 5.19. The maximum atomic E-state index is 12.8. The van der Waals surface area contributed by atoms with E-state index in [9.17, 15) is 4.79 Å². The number of pyridine rings is 1. The third-order valence-electron chi connectivity index (χ3n) is 3.60. The lowest BCUT2D eigenvalue weighted by Gasteiger charge is -2.21. The fraction of sp³-hybridized carbons (Fsp3) is 0.222. The molecule has 0 spiro atoms. The van der Waals surface area contributed by atoms with Crippen molar-refractivity contribution in [1.82, 2.24) is 9.88 Å². The normalized spacial score (nSPS) is 10.8. The minimum absolute atomic E-state index is 0.135. The molecule has 5 nitrogen and oxygen atoms in total. The van der Waals surface area contributed by atoms with Crippen molar-refractivity contribution >= 4 is 16.8 Å². The van der Waals surface area contributed by atoms with E-state index in [1.165, 1.54) is 0 Å². The van der Waals surface area contributed by atoms with Gasteiger partial charge in [-0.2, -0.15) is 0 Å². The molecule has 0 aliphatic rings. The number of rotatable bonds is 6. The minimum atomic E-state index is -0.135. The van der Waals surface area contributed by atoms with Crippen LogP contribution in [0.15, 0.2) is 59.2 Å². The standard InChI is InChI=1S/C18H18N2O3/c1-22-12-10-20(13-15-6-4-11-23-15)18(21)17-9-8-14-5-2-3-7-16(14)19-17/h2-9,11H,10,12-13H2,1H3. The van der Waals surface area contributed by atoms with E-state index in [2.05, 4.69) is 4.98 Å². The van der Waals surface area contributed by atoms with Gasteiger partial charge in [0.1, 0.15) is 11.5 Å². The zero-order chi connectivity index (χ0) is 16.1. The Bertz CT molecular complexity index is 784. The third-order valence-corrected chi connectivity index (χ3v) is 3.60. The summed E-state index contributed by atoms with van der Waals surface area (Å²) >= 11 is 0. The van der Waals surface area contributed by atoms with E-state index in [4.69, 9.17) is 9.15 Å². The Hall–Kier alpha value is -2.66. The monoisotopic (exact) mass is 310 g/mol. The molecular formula is C18H18N2O3. The van der Waals surface area contributed by atoms with E-state index < -0.39 is 0 Å². The molecule has 0 radical (unpaired) electrons. The Balaban J connectivity index is 1.85. The molecule has 0 aliphatic carbocycles. The highest BCUT2D eigenvalue weighted by molar-refractivity contribution is 5.94.